The van der Waals surface area contributed by atoms with Crippen LogP contribution >= 0.6 is 0 Å². The van der Waals surface area contributed by atoms with E-state index in [1.54, 1.807) is 18.5 Å². The molecule has 5 aromatic rings. The Balaban J connectivity index is 1.03. The van der Waals surface area contributed by atoms with Crippen LogP contribution in [-0.4, -0.2) is 109 Å². The molecule has 2 aromatic carbocycles. The summed E-state index contributed by atoms with van der Waals surface area (Å²) < 4.78 is 28.5. The van der Waals surface area contributed by atoms with Crippen LogP contribution in [-0.2, 0) is 20.7 Å². The standard InChI is InChI=1S/C45H58FN9O6/c1-23(2)38(51-44(58)60-6)42(56)53-14-8-10-34(53)40-47-21-31(49-40)26-12-13-33-28(17-26)20-36-37-29(16-25(5)55(33)36)18-27(19-30(37)46)32-22-48-41(50-32)35-11-9-15-54(35)43(57)39(24(3)4)52-45(59)61-7/h12-13,17-25,34-35,38-39,43-44,51,57-58H,8-11,14-16H2,1-7H3,(H,47,49)(H,48,50)(H,52,59). The van der Waals surface area contributed by atoms with Gasteiger partial charge in [-0.1, -0.05) is 33.8 Å². The van der Waals surface area contributed by atoms with Crippen LogP contribution in [0, 0.1) is 17.7 Å². The largest absolute Gasteiger partial charge is 0.453 e. The lowest BCUT2D eigenvalue weighted by atomic mass is 9.91. The number of nitrogens with zero attached hydrogens (tertiary/aromatic N) is 5. The summed E-state index contributed by atoms with van der Waals surface area (Å²) in [5, 5.41) is 28.2. The topological polar surface area (TPSA) is 186 Å². The average Bonchev–Trinajstić information content (AvgIpc) is 4.09. The van der Waals surface area contributed by atoms with E-state index >= 15 is 4.39 Å². The number of nitrogens with one attached hydrogen (secondary N) is 4. The van der Waals surface area contributed by atoms with Gasteiger partial charge in [-0.2, -0.15) is 0 Å². The minimum atomic E-state index is -1.25. The third kappa shape index (κ3) is 8.07. The van der Waals surface area contributed by atoms with E-state index in [1.165, 1.54) is 14.2 Å². The second-order valence-electron chi connectivity index (χ2n) is 17.5. The number of aromatic amines is 2. The number of rotatable bonds is 13. The first kappa shape index (κ1) is 42.6. The first-order valence-electron chi connectivity index (χ1n) is 21.4. The zero-order chi connectivity index (χ0) is 43.3. The van der Waals surface area contributed by atoms with Crippen molar-refractivity contribution in [3.63, 3.8) is 0 Å². The van der Waals surface area contributed by atoms with Gasteiger partial charge in [0, 0.05) is 53.8 Å². The van der Waals surface area contributed by atoms with Crippen molar-refractivity contribution in [2.75, 3.05) is 27.3 Å². The number of fused-ring (bicyclic) bond motifs is 5. The Hall–Kier alpha value is -5.13. The Morgan fingerprint density at radius 2 is 1.59 bits per heavy atom. The predicted molar refractivity (Wildman–Crippen MR) is 228 cm³/mol. The number of aliphatic hydroxyl groups is 2. The van der Waals surface area contributed by atoms with Crippen LogP contribution in [0.15, 0.2) is 48.8 Å². The quantitative estimate of drug-likeness (QED) is 0.0727. The molecule has 6 N–H and O–H groups in total. The molecule has 2 saturated heterocycles. The lowest BCUT2D eigenvalue weighted by molar-refractivity contribution is -0.145. The van der Waals surface area contributed by atoms with Crippen LogP contribution in [0.25, 0.3) is 44.7 Å². The van der Waals surface area contributed by atoms with E-state index in [0.29, 0.717) is 48.0 Å². The van der Waals surface area contributed by atoms with E-state index in [-0.39, 0.29) is 41.7 Å². The number of alkyl carbamates (subject to hydrolysis) is 1. The van der Waals surface area contributed by atoms with Gasteiger partial charge in [0.2, 0.25) is 12.3 Å². The molecule has 15 nitrogen and oxygen atoms in total. The van der Waals surface area contributed by atoms with E-state index in [1.807, 2.05) is 37.5 Å². The molecule has 3 aliphatic rings. The van der Waals surface area contributed by atoms with Gasteiger partial charge in [0.1, 0.15) is 23.7 Å². The molecule has 16 heteroatoms. The fourth-order valence-corrected chi connectivity index (χ4v) is 9.70. The summed E-state index contributed by atoms with van der Waals surface area (Å²) in [5.74, 6) is 0.861. The number of amides is 2. The Kier molecular flexibility index (Phi) is 12.1. The zero-order valence-corrected chi connectivity index (χ0v) is 35.9. The number of H-pyrrole nitrogens is 2. The van der Waals surface area contributed by atoms with E-state index < -0.39 is 30.8 Å². The number of carbonyl (C=O) groups excluding carboxylic acids is 2. The fourth-order valence-electron chi connectivity index (χ4n) is 9.70. The molecule has 0 spiro atoms. The number of methoxy groups -OCH3 is 2. The van der Waals surface area contributed by atoms with Gasteiger partial charge < -0.3 is 44.4 Å². The van der Waals surface area contributed by atoms with Gasteiger partial charge in [-0.15, -0.1) is 0 Å². The molecule has 0 saturated carbocycles. The molecule has 326 valence electrons. The molecular weight excluding hydrogens is 782 g/mol. The maximum atomic E-state index is 16.5. The summed E-state index contributed by atoms with van der Waals surface area (Å²) in [6.07, 6.45) is 4.63. The highest BCUT2D eigenvalue weighted by Crippen LogP contribution is 2.44. The molecule has 2 amide bonds. The van der Waals surface area contributed by atoms with Gasteiger partial charge in [0.15, 0.2) is 0 Å². The summed E-state index contributed by atoms with van der Waals surface area (Å²) in [6, 6.07) is 10.4. The molecule has 6 heterocycles. The number of hydrogen-bond acceptors (Lipinski definition) is 10. The minimum absolute atomic E-state index is 0.0488. The van der Waals surface area contributed by atoms with E-state index in [9.17, 15) is 19.8 Å². The molecule has 0 radical (unpaired) electrons. The van der Waals surface area contributed by atoms with Crippen molar-refractivity contribution in [3.05, 3.63) is 71.8 Å². The molecule has 0 aliphatic carbocycles. The Labute approximate surface area is 355 Å². The SMILES string of the molecule is COC(=O)NC(C(C)C)C(O)N1CCCC1c1ncc(-c2cc(F)c3c(c2)CC(C)n2c-3cc3cc(-c4cnc(C5CCCN5C(=O)C(NC(O)OC)C(C)C)[nH]4)ccc32)[nH]1. The second kappa shape index (κ2) is 17.3. The van der Waals surface area contributed by atoms with Gasteiger partial charge in [-0.3, -0.25) is 15.0 Å². The predicted octanol–water partition coefficient (Wildman–Crippen LogP) is 6.38. The van der Waals surface area contributed by atoms with Gasteiger partial charge in [-0.05, 0) is 86.8 Å². The summed E-state index contributed by atoms with van der Waals surface area (Å²) in [7, 11) is 2.69. The number of aliphatic hydroxyl groups excluding tert-OH is 2. The highest BCUT2D eigenvalue weighted by molar-refractivity contribution is 5.92. The summed E-state index contributed by atoms with van der Waals surface area (Å²) in [4.78, 5) is 46.0. The third-order valence-corrected chi connectivity index (χ3v) is 12.8. The van der Waals surface area contributed by atoms with Crippen LogP contribution in [0.5, 0.6) is 0 Å². The Morgan fingerprint density at radius 3 is 2.28 bits per heavy atom. The lowest BCUT2D eigenvalue weighted by Gasteiger charge is -2.35. The van der Waals surface area contributed by atoms with Crippen molar-refractivity contribution in [3.8, 4) is 33.8 Å². The summed E-state index contributed by atoms with van der Waals surface area (Å²) in [5.41, 5.74) is 6.49. The monoisotopic (exact) mass is 839 g/mol. The molecule has 2 fully saturated rings. The summed E-state index contributed by atoms with van der Waals surface area (Å²) >= 11 is 0. The molecule has 7 unspecified atom stereocenters. The van der Waals surface area contributed by atoms with Crippen LogP contribution in [0.3, 0.4) is 0 Å². The van der Waals surface area contributed by atoms with Crippen LogP contribution < -0.4 is 10.6 Å². The number of hydrogen-bond donors (Lipinski definition) is 6. The van der Waals surface area contributed by atoms with Crippen molar-refractivity contribution < 1.29 is 33.7 Å². The van der Waals surface area contributed by atoms with Crippen molar-refractivity contribution in [2.24, 2.45) is 11.8 Å². The normalized spacial score (nSPS) is 21.2. The minimum Gasteiger partial charge on any atom is -0.453 e. The van der Waals surface area contributed by atoms with Crippen LogP contribution in [0.4, 0.5) is 9.18 Å². The number of aromatic nitrogens is 5. The van der Waals surface area contributed by atoms with E-state index in [2.05, 4.69) is 62.4 Å². The van der Waals surface area contributed by atoms with Crippen molar-refractivity contribution >= 4 is 22.9 Å². The molecule has 3 aliphatic heterocycles. The lowest BCUT2D eigenvalue weighted by Crippen LogP contribution is -2.54. The van der Waals surface area contributed by atoms with Crippen LogP contribution in [0.1, 0.15) is 95.6 Å². The average molecular weight is 840 g/mol. The zero-order valence-electron chi connectivity index (χ0n) is 35.9. The van der Waals surface area contributed by atoms with Crippen molar-refractivity contribution in [1.82, 2.24) is 44.9 Å². The first-order chi connectivity index (χ1) is 29.3. The molecule has 8 rings (SSSR count). The van der Waals surface area contributed by atoms with Gasteiger partial charge in [0.05, 0.1) is 60.8 Å². The van der Waals surface area contributed by atoms with E-state index in [4.69, 9.17) is 19.4 Å². The highest BCUT2D eigenvalue weighted by atomic mass is 19.1. The third-order valence-electron chi connectivity index (χ3n) is 12.8. The maximum absolute atomic E-state index is 16.5. The van der Waals surface area contributed by atoms with Gasteiger partial charge in [0.25, 0.3) is 0 Å². The molecular formula is C45H58FN9O6. The van der Waals surface area contributed by atoms with Crippen molar-refractivity contribution in [2.45, 2.75) is 110 Å². The van der Waals surface area contributed by atoms with E-state index in [0.717, 1.165) is 59.1 Å². The number of imidazole rings is 2. The molecule has 7 atom stereocenters. The first-order valence-corrected chi connectivity index (χ1v) is 21.4. The van der Waals surface area contributed by atoms with Gasteiger partial charge in [-0.25, -0.2) is 19.2 Å². The smallest absolute Gasteiger partial charge is 0.407 e. The number of benzene rings is 2. The number of halogens is 1. The maximum Gasteiger partial charge on any atom is 0.407 e. The number of carbonyl (C=O) groups is 2. The fraction of sp³-hybridized carbons (Fsp3) is 0.511. The molecule has 61 heavy (non-hydrogen) atoms. The van der Waals surface area contributed by atoms with Crippen LogP contribution in [0.2, 0.25) is 0 Å². The second-order valence-corrected chi connectivity index (χ2v) is 17.5. The molecule has 3 aromatic heterocycles. The van der Waals surface area contributed by atoms with Crippen molar-refractivity contribution in [1.29, 1.82) is 0 Å². The Morgan fingerprint density at radius 1 is 0.902 bits per heavy atom. The molecule has 0 bridgehead atoms. The Bertz CT molecular complexity index is 2390. The van der Waals surface area contributed by atoms with Gasteiger partial charge >= 0.3 is 6.09 Å². The number of ether oxygens (including phenoxy) is 2. The number of likely N-dealkylation sites (tertiary alicyclic amines) is 2. The summed E-state index contributed by atoms with van der Waals surface area (Å²) in [6.45, 7) is 11.1. The highest BCUT2D eigenvalue weighted by Gasteiger charge is 2.40.